The first-order chi connectivity index (χ1) is 12.0. The zero-order chi connectivity index (χ0) is 17.9. The van der Waals surface area contributed by atoms with Crippen molar-refractivity contribution >= 4 is 21.6 Å². The van der Waals surface area contributed by atoms with Crippen LogP contribution < -0.4 is 5.32 Å². The molecule has 0 aromatic heterocycles. The Labute approximate surface area is 149 Å². The molecule has 1 heterocycles. The van der Waals surface area contributed by atoms with Gasteiger partial charge in [-0.3, -0.25) is 4.79 Å². The van der Waals surface area contributed by atoms with Gasteiger partial charge < -0.3 is 10.2 Å². The zero-order valence-corrected chi connectivity index (χ0v) is 15.3. The highest BCUT2D eigenvalue weighted by molar-refractivity contribution is 7.89. The number of rotatable bonds is 4. The minimum Gasteiger partial charge on any atom is -0.326 e. The molecule has 1 aliphatic heterocycles. The van der Waals surface area contributed by atoms with Crippen molar-refractivity contribution < 1.29 is 13.2 Å². The number of nitrogens with one attached hydrogen (secondary N) is 1. The molecule has 1 aromatic rings. The van der Waals surface area contributed by atoms with E-state index in [0.29, 0.717) is 18.8 Å². The van der Waals surface area contributed by atoms with Gasteiger partial charge in [-0.1, -0.05) is 12.2 Å². The minimum absolute atomic E-state index is 0.000903. The maximum absolute atomic E-state index is 12.7. The fourth-order valence-electron chi connectivity index (χ4n) is 3.16. The molecule has 0 saturated carbocycles. The van der Waals surface area contributed by atoms with Crippen LogP contribution >= 0.6 is 0 Å². The summed E-state index contributed by atoms with van der Waals surface area (Å²) in [6.07, 6.45) is 6.70. The number of nitrogens with zero attached hydrogens (tertiary/aromatic N) is 2. The Kier molecular flexibility index (Phi) is 5.56. The van der Waals surface area contributed by atoms with E-state index >= 15 is 0 Å². The number of carbonyl (C=O) groups is 1. The van der Waals surface area contributed by atoms with E-state index in [2.05, 4.69) is 16.3 Å². The normalized spacial score (nSPS) is 22.7. The van der Waals surface area contributed by atoms with Gasteiger partial charge in [0.2, 0.25) is 15.9 Å². The summed E-state index contributed by atoms with van der Waals surface area (Å²) in [4.78, 5) is 14.6. The second-order valence-corrected chi connectivity index (χ2v) is 8.64. The Bertz CT molecular complexity index is 735. The van der Waals surface area contributed by atoms with Gasteiger partial charge >= 0.3 is 0 Å². The molecule has 7 heteroatoms. The van der Waals surface area contributed by atoms with Crippen LogP contribution in [0.4, 0.5) is 5.69 Å². The van der Waals surface area contributed by atoms with Gasteiger partial charge in [0.15, 0.2) is 0 Å². The predicted molar refractivity (Wildman–Crippen MR) is 97.8 cm³/mol. The molecule has 0 spiro atoms. The minimum atomic E-state index is -3.47. The number of carbonyl (C=O) groups excluding carboxylic acids is 1. The quantitative estimate of drug-likeness (QED) is 0.830. The van der Waals surface area contributed by atoms with E-state index < -0.39 is 10.0 Å². The molecule has 2 aliphatic rings. The summed E-state index contributed by atoms with van der Waals surface area (Å²) in [7, 11) is -1.48. The number of anilines is 1. The smallest absolute Gasteiger partial charge is 0.243 e. The van der Waals surface area contributed by atoms with Crippen LogP contribution in [0.25, 0.3) is 0 Å². The van der Waals surface area contributed by atoms with Crippen LogP contribution in [0.5, 0.6) is 0 Å². The number of allylic oxidation sites excluding steroid dienone is 2. The molecule has 1 atom stereocenters. The van der Waals surface area contributed by atoms with Crippen LogP contribution in [0.15, 0.2) is 41.3 Å². The zero-order valence-electron chi connectivity index (χ0n) is 14.5. The third kappa shape index (κ3) is 4.29. The topological polar surface area (TPSA) is 69.7 Å². The summed E-state index contributed by atoms with van der Waals surface area (Å²) >= 11 is 0. The summed E-state index contributed by atoms with van der Waals surface area (Å²) < 4.78 is 26.9. The second-order valence-electron chi connectivity index (χ2n) is 6.70. The monoisotopic (exact) mass is 363 g/mol. The van der Waals surface area contributed by atoms with Crippen molar-refractivity contribution in [2.45, 2.75) is 24.2 Å². The van der Waals surface area contributed by atoms with Crippen LogP contribution in [0.1, 0.15) is 19.3 Å². The Morgan fingerprint density at radius 2 is 1.76 bits per heavy atom. The Morgan fingerprint density at radius 3 is 2.36 bits per heavy atom. The lowest BCUT2D eigenvalue weighted by atomic mass is 9.93. The molecule has 6 nitrogen and oxygen atoms in total. The number of amides is 1. The van der Waals surface area contributed by atoms with Gasteiger partial charge in [-0.2, -0.15) is 4.31 Å². The van der Waals surface area contributed by atoms with Gasteiger partial charge in [-0.25, -0.2) is 8.42 Å². The molecule has 0 radical (unpaired) electrons. The van der Waals surface area contributed by atoms with Crippen LogP contribution in [0.2, 0.25) is 0 Å². The molecule has 1 aromatic carbocycles. The summed E-state index contributed by atoms with van der Waals surface area (Å²) in [6.45, 7) is 2.49. The molecule has 1 amide bonds. The molecular formula is C18H25N3O3S. The Hall–Kier alpha value is -1.70. The molecule has 1 saturated heterocycles. The number of hydrogen-bond donors (Lipinski definition) is 1. The maximum atomic E-state index is 12.7. The van der Waals surface area contributed by atoms with Crippen molar-refractivity contribution in [2.24, 2.45) is 5.92 Å². The van der Waals surface area contributed by atoms with Crippen molar-refractivity contribution in [3.63, 3.8) is 0 Å². The molecule has 136 valence electrons. The molecular weight excluding hydrogens is 338 g/mol. The van der Waals surface area contributed by atoms with E-state index in [0.717, 1.165) is 32.4 Å². The lowest BCUT2D eigenvalue weighted by Gasteiger charge is -2.31. The largest absolute Gasteiger partial charge is 0.326 e. The van der Waals surface area contributed by atoms with E-state index in [-0.39, 0.29) is 16.7 Å². The van der Waals surface area contributed by atoms with Crippen LogP contribution in [0, 0.1) is 5.92 Å². The second kappa shape index (κ2) is 7.68. The summed E-state index contributed by atoms with van der Waals surface area (Å²) in [5, 5.41) is 2.89. The highest BCUT2D eigenvalue weighted by atomic mass is 32.2. The van der Waals surface area contributed by atoms with Crippen LogP contribution in [-0.2, 0) is 14.8 Å². The third-order valence-corrected chi connectivity index (χ3v) is 6.77. The molecule has 3 rings (SSSR count). The SMILES string of the molecule is CN1CCN(S(=O)(=O)c2ccc(NC(=O)C3CC=CCC3)cc2)CC1. The maximum Gasteiger partial charge on any atom is 0.243 e. The average molecular weight is 363 g/mol. The molecule has 1 unspecified atom stereocenters. The van der Waals surface area contributed by atoms with Crippen LogP contribution in [-0.4, -0.2) is 56.8 Å². The standard InChI is InChI=1S/C18H25N3O3S/c1-20-11-13-21(14-12-20)25(23,24)17-9-7-16(8-10-17)19-18(22)15-5-3-2-4-6-15/h2-3,7-10,15H,4-6,11-14H2,1H3,(H,19,22). The van der Waals surface area contributed by atoms with Gasteiger partial charge in [0, 0.05) is 37.8 Å². The van der Waals surface area contributed by atoms with E-state index in [1.165, 1.54) is 4.31 Å². The van der Waals surface area contributed by atoms with E-state index in [1.807, 2.05) is 13.1 Å². The van der Waals surface area contributed by atoms with Gasteiger partial charge in [0.1, 0.15) is 0 Å². The van der Waals surface area contributed by atoms with Gasteiger partial charge in [0.05, 0.1) is 4.90 Å². The van der Waals surface area contributed by atoms with Crippen molar-refractivity contribution in [3.05, 3.63) is 36.4 Å². The summed E-state index contributed by atoms with van der Waals surface area (Å²) in [5.74, 6) is -0.00206. The number of benzene rings is 1. The first kappa shape index (κ1) is 18.1. The average Bonchev–Trinajstić information content (AvgIpc) is 2.63. The molecule has 0 bridgehead atoms. The lowest BCUT2D eigenvalue weighted by molar-refractivity contribution is -0.120. The van der Waals surface area contributed by atoms with E-state index in [9.17, 15) is 13.2 Å². The number of sulfonamides is 1. The van der Waals surface area contributed by atoms with E-state index in [1.54, 1.807) is 24.3 Å². The third-order valence-electron chi connectivity index (χ3n) is 4.86. The molecule has 1 fully saturated rings. The lowest BCUT2D eigenvalue weighted by Crippen LogP contribution is -2.46. The van der Waals surface area contributed by atoms with Gasteiger partial charge in [-0.15, -0.1) is 0 Å². The number of likely N-dealkylation sites (N-methyl/N-ethyl adjacent to an activating group) is 1. The van der Waals surface area contributed by atoms with Crippen molar-refractivity contribution in [1.29, 1.82) is 0 Å². The Balaban J connectivity index is 1.65. The number of piperazine rings is 1. The van der Waals surface area contributed by atoms with Crippen LogP contribution in [0.3, 0.4) is 0 Å². The van der Waals surface area contributed by atoms with Crippen molar-refractivity contribution in [1.82, 2.24) is 9.21 Å². The molecule has 25 heavy (non-hydrogen) atoms. The predicted octanol–water partition coefficient (Wildman–Crippen LogP) is 1.92. The van der Waals surface area contributed by atoms with Crippen molar-refractivity contribution in [2.75, 3.05) is 38.5 Å². The van der Waals surface area contributed by atoms with Gasteiger partial charge in [-0.05, 0) is 50.6 Å². The molecule has 1 aliphatic carbocycles. The van der Waals surface area contributed by atoms with Crippen molar-refractivity contribution in [3.8, 4) is 0 Å². The summed E-state index contributed by atoms with van der Waals surface area (Å²) in [5.41, 5.74) is 0.636. The highest BCUT2D eigenvalue weighted by Crippen LogP contribution is 2.22. The molecule has 1 N–H and O–H groups in total. The number of hydrogen-bond acceptors (Lipinski definition) is 4. The highest BCUT2D eigenvalue weighted by Gasteiger charge is 2.27. The first-order valence-electron chi connectivity index (χ1n) is 8.71. The first-order valence-corrected chi connectivity index (χ1v) is 10.2. The summed E-state index contributed by atoms with van der Waals surface area (Å²) in [6, 6.07) is 6.48. The Morgan fingerprint density at radius 1 is 1.08 bits per heavy atom. The van der Waals surface area contributed by atoms with Gasteiger partial charge in [0.25, 0.3) is 0 Å². The van der Waals surface area contributed by atoms with E-state index in [4.69, 9.17) is 0 Å². The fraction of sp³-hybridized carbons (Fsp3) is 0.500. The fourth-order valence-corrected chi connectivity index (χ4v) is 4.59.